The maximum Gasteiger partial charge on any atom is 0.162 e. The highest BCUT2D eigenvalue weighted by Crippen LogP contribution is 2.24. The molecule has 1 rings (SSSR count). The molecule has 0 aliphatic heterocycles. The molecule has 3 N–H and O–H groups in total. The fourth-order valence-corrected chi connectivity index (χ4v) is 2.17. The van der Waals surface area contributed by atoms with Crippen molar-refractivity contribution < 1.29 is 0 Å². The van der Waals surface area contributed by atoms with Crippen molar-refractivity contribution in [1.29, 1.82) is 5.41 Å². The highest BCUT2D eigenvalue weighted by Gasteiger charge is 2.21. The Kier molecular flexibility index (Phi) is 5.27. The zero-order chi connectivity index (χ0) is 14.6. The zero-order valence-electron chi connectivity index (χ0n) is 12.6. The molecule has 0 aromatic carbocycles. The summed E-state index contributed by atoms with van der Waals surface area (Å²) in [6.45, 7) is 8.37. The molecule has 0 saturated heterocycles. The molecular formula is C14H25N5. The molecule has 1 unspecified atom stereocenters. The Morgan fingerprint density at radius 3 is 2.32 bits per heavy atom. The minimum Gasteiger partial charge on any atom is -0.384 e. The summed E-state index contributed by atoms with van der Waals surface area (Å²) in [7, 11) is 1.98. The first-order valence-corrected chi connectivity index (χ1v) is 6.93. The van der Waals surface area contributed by atoms with Gasteiger partial charge in [-0.1, -0.05) is 20.8 Å². The van der Waals surface area contributed by atoms with Gasteiger partial charge in [-0.3, -0.25) is 5.41 Å². The van der Waals surface area contributed by atoms with Crippen LogP contribution in [-0.4, -0.2) is 29.1 Å². The molecule has 0 aliphatic rings. The van der Waals surface area contributed by atoms with E-state index in [2.05, 4.69) is 35.9 Å². The minimum absolute atomic E-state index is 0.0756. The van der Waals surface area contributed by atoms with Crippen LogP contribution in [0.4, 0.5) is 5.82 Å². The molecule has 5 nitrogen and oxygen atoms in total. The maximum atomic E-state index is 7.87. The van der Waals surface area contributed by atoms with Gasteiger partial charge >= 0.3 is 0 Å². The Hall–Kier alpha value is -1.65. The van der Waals surface area contributed by atoms with E-state index in [0.717, 1.165) is 41.9 Å². The number of aromatic nitrogens is 2. The van der Waals surface area contributed by atoms with Crippen molar-refractivity contribution >= 4 is 11.7 Å². The van der Waals surface area contributed by atoms with Gasteiger partial charge in [0.25, 0.3) is 0 Å². The number of anilines is 1. The van der Waals surface area contributed by atoms with Crippen LogP contribution in [-0.2, 0) is 12.8 Å². The van der Waals surface area contributed by atoms with Gasteiger partial charge in [0.2, 0.25) is 0 Å². The lowest BCUT2D eigenvalue weighted by Gasteiger charge is -2.27. The molecule has 106 valence electrons. The van der Waals surface area contributed by atoms with E-state index in [1.165, 1.54) is 0 Å². The first-order valence-electron chi connectivity index (χ1n) is 6.93. The van der Waals surface area contributed by atoms with E-state index in [1.54, 1.807) is 0 Å². The summed E-state index contributed by atoms with van der Waals surface area (Å²) >= 11 is 0. The molecule has 0 fully saturated rings. The number of aryl methyl sites for hydroxylation is 1. The third kappa shape index (κ3) is 3.03. The molecule has 19 heavy (non-hydrogen) atoms. The summed E-state index contributed by atoms with van der Waals surface area (Å²) in [5, 5.41) is 16.5. The van der Waals surface area contributed by atoms with E-state index in [9.17, 15) is 0 Å². The molecule has 0 bridgehead atoms. The quantitative estimate of drug-likeness (QED) is 0.608. The van der Waals surface area contributed by atoms with Gasteiger partial charge in [-0.2, -0.15) is 5.10 Å². The number of hydrogen-bond acceptors (Lipinski definition) is 4. The molecule has 1 aromatic heterocycles. The Morgan fingerprint density at radius 1 is 1.26 bits per heavy atom. The summed E-state index contributed by atoms with van der Waals surface area (Å²) in [5.74, 6) is 0.794. The van der Waals surface area contributed by atoms with Crippen molar-refractivity contribution in [3.05, 3.63) is 16.8 Å². The molecule has 0 radical (unpaired) electrons. The fraction of sp³-hybridized carbons (Fsp3) is 0.643. The number of nitrogens with two attached hydrogens (primary N) is 1. The highest BCUT2D eigenvalue weighted by atomic mass is 15.3. The van der Waals surface area contributed by atoms with Crippen LogP contribution in [0, 0.1) is 5.41 Å². The third-order valence-corrected chi connectivity index (χ3v) is 3.68. The average molecular weight is 263 g/mol. The topological polar surface area (TPSA) is 78.9 Å². The summed E-state index contributed by atoms with van der Waals surface area (Å²) < 4.78 is 0. The van der Waals surface area contributed by atoms with Gasteiger partial charge in [0.15, 0.2) is 5.82 Å². The second-order valence-electron chi connectivity index (χ2n) is 4.81. The van der Waals surface area contributed by atoms with Gasteiger partial charge in [-0.05, 0) is 31.7 Å². The average Bonchev–Trinajstić information content (AvgIpc) is 2.43. The molecule has 0 amide bonds. The van der Waals surface area contributed by atoms with Crippen molar-refractivity contribution in [3.63, 3.8) is 0 Å². The molecular weight excluding hydrogens is 238 g/mol. The van der Waals surface area contributed by atoms with E-state index in [-0.39, 0.29) is 5.84 Å². The molecule has 5 heteroatoms. The summed E-state index contributed by atoms with van der Waals surface area (Å²) in [6, 6.07) is 0.338. The normalized spacial score (nSPS) is 12.3. The van der Waals surface area contributed by atoms with Gasteiger partial charge in [-0.15, -0.1) is 5.10 Å². The Balaban J connectivity index is 3.44. The monoisotopic (exact) mass is 263 g/mol. The lowest BCUT2D eigenvalue weighted by atomic mass is 10.0. The van der Waals surface area contributed by atoms with Crippen LogP contribution in [0.2, 0.25) is 0 Å². The summed E-state index contributed by atoms with van der Waals surface area (Å²) in [4.78, 5) is 2.06. The second kappa shape index (κ2) is 6.50. The Morgan fingerprint density at radius 2 is 1.89 bits per heavy atom. The van der Waals surface area contributed by atoms with E-state index in [0.29, 0.717) is 6.04 Å². The van der Waals surface area contributed by atoms with Gasteiger partial charge in [0.1, 0.15) is 5.84 Å². The Labute approximate surface area is 115 Å². The van der Waals surface area contributed by atoms with Crippen molar-refractivity contribution in [1.82, 2.24) is 10.2 Å². The van der Waals surface area contributed by atoms with Crippen LogP contribution in [0.5, 0.6) is 0 Å². The van der Waals surface area contributed by atoms with Gasteiger partial charge in [0, 0.05) is 13.1 Å². The molecule has 0 aliphatic carbocycles. The lowest BCUT2D eigenvalue weighted by Crippen LogP contribution is -2.32. The van der Waals surface area contributed by atoms with Crippen molar-refractivity contribution in [3.8, 4) is 0 Å². The highest BCUT2D eigenvalue weighted by molar-refractivity contribution is 6.01. The molecule has 1 atom stereocenters. The zero-order valence-corrected chi connectivity index (χ0v) is 12.6. The number of nitrogen functional groups attached to an aromatic ring is 1. The van der Waals surface area contributed by atoms with Crippen LogP contribution in [0.25, 0.3) is 0 Å². The van der Waals surface area contributed by atoms with Gasteiger partial charge in [0.05, 0.1) is 11.3 Å². The van der Waals surface area contributed by atoms with Crippen molar-refractivity contribution in [2.24, 2.45) is 5.73 Å². The maximum absolute atomic E-state index is 7.87. The molecule has 1 heterocycles. The number of rotatable bonds is 6. The lowest BCUT2D eigenvalue weighted by molar-refractivity contribution is 0.649. The van der Waals surface area contributed by atoms with Crippen LogP contribution >= 0.6 is 0 Å². The minimum atomic E-state index is 0.0756. The predicted molar refractivity (Wildman–Crippen MR) is 80.0 cm³/mol. The van der Waals surface area contributed by atoms with Gasteiger partial charge < -0.3 is 10.6 Å². The fourth-order valence-electron chi connectivity index (χ4n) is 2.17. The SMILES string of the molecule is CCc1nnc(N(C)C(C)CC)c(C(=N)N)c1CC. The Bertz CT molecular complexity index is 455. The third-order valence-electron chi connectivity index (χ3n) is 3.68. The number of hydrogen-bond donors (Lipinski definition) is 2. The first kappa shape index (κ1) is 15.4. The molecule has 0 spiro atoms. The van der Waals surface area contributed by atoms with Crippen LogP contribution < -0.4 is 10.6 Å². The largest absolute Gasteiger partial charge is 0.384 e. The van der Waals surface area contributed by atoms with Crippen molar-refractivity contribution in [2.75, 3.05) is 11.9 Å². The number of nitrogens with one attached hydrogen (secondary N) is 1. The van der Waals surface area contributed by atoms with Crippen LogP contribution in [0.15, 0.2) is 0 Å². The second-order valence-corrected chi connectivity index (χ2v) is 4.81. The summed E-state index contributed by atoms with van der Waals surface area (Å²) in [5.41, 5.74) is 8.52. The van der Waals surface area contributed by atoms with E-state index in [4.69, 9.17) is 11.1 Å². The predicted octanol–water partition coefficient (Wildman–Crippen LogP) is 2.12. The van der Waals surface area contributed by atoms with E-state index < -0.39 is 0 Å². The van der Waals surface area contributed by atoms with Crippen LogP contribution in [0.3, 0.4) is 0 Å². The van der Waals surface area contributed by atoms with Crippen molar-refractivity contribution in [2.45, 2.75) is 53.0 Å². The smallest absolute Gasteiger partial charge is 0.162 e. The van der Waals surface area contributed by atoms with E-state index in [1.807, 2.05) is 14.0 Å². The number of nitrogens with zero attached hydrogens (tertiary/aromatic N) is 3. The first-order chi connectivity index (χ1) is 8.97. The molecule has 1 aromatic rings. The van der Waals surface area contributed by atoms with E-state index >= 15 is 0 Å². The van der Waals surface area contributed by atoms with Gasteiger partial charge in [-0.25, -0.2) is 0 Å². The number of amidine groups is 1. The summed E-state index contributed by atoms with van der Waals surface area (Å²) in [6.07, 6.45) is 2.63. The standard InChI is InChI=1S/C14H25N5/c1-6-9(4)19(5)14-12(13(15)16)10(7-2)11(8-3)17-18-14/h9H,6-8H2,1-5H3,(H3,15,16). The molecule has 0 saturated carbocycles. The van der Waals surface area contributed by atoms with Crippen LogP contribution in [0.1, 0.15) is 50.9 Å².